The van der Waals surface area contributed by atoms with E-state index in [0.29, 0.717) is 5.69 Å². The van der Waals surface area contributed by atoms with Gasteiger partial charge >= 0.3 is 11.9 Å². The molecule has 0 unspecified atom stereocenters. The first kappa shape index (κ1) is 28.4. The number of carboxylic acid groups (broad SMARTS) is 2. The minimum Gasteiger partial charge on any atom is -0.478 e. The predicted molar refractivity (Wildman–Crippen MR) is 152 cm³/mol. The Labute approximate surface area is 235 Å². The van der Waals surface area contributed by atoms with Crippen molar-refractivity contribution in [1.29, 1.82) is 0 Å². The summed E-state index contributed by atoms with van der Waals surface area (Å²) in [6.07, 6.45) is 0.718. The first-order chi connectivity index (χ1) is 19.6. The highest BCUT2D eigenvalue weighted by Gasteiger charge is 2.22. The van der Waals surface area contributed by atoms with Crippen molar-refractivity contribution in [3.05, 3.63) is 135 Å². The van der Waals surface area contributed by atoms with Crippen molar-refractivity contribution in [3.63, 3.8) is 0 Å². The molecular weight excluding hydrogens is 524 g/mol. The standard InChI is InChI=1S/C32H26N2O7/c1-18-3-5-19(6-4-18)15-20-7-11-23(12-8-20)34-30(37)25-14-10-22(17-27(25)32(40)41)28(35)21-9-13-24(29(36)33-2)26(16-21)31(38)39/h3-14,16-17H,15H2,1-2H3,(H,33,36)(H,34,37)(H,38,39)(H,40,41). The van der Waals surface area contributed by atoms with Gasteiger partial charge in [0.05, 0.1) is 22.3 Å². The number of ketones is 1. The predicted octanol–water partition coefficient (Wildman–Crippen LogP) is 4.83. The van der Waals surface area contributed by atoms with Crippen LogP contribution in [0.25, 0.3) is 0 Å². The van der Waals surface area contributed by atoms with Crippen LogP contribution in [0, 0.1) is 6.92 Å². The van der Waals surface area contributed by atoms with Crippen molar-refractivity contribution in [2.75, 3.05) is 12.4 Å². The number of benzene rings is 4. The molecule has 4 aromatic rings. The van der Waals surface area contributed by atoms with Gasteiger partial charge in [-0.2, -0.15) is 0 Å². The maximum absolute atomic E-state index is 13.1. The number of anilines is 1. The number of hydrogen-bond acceptors (Lipinski definition) is 5. The van der Waals surface area contributed by atoms with E-state index in [1.54, 1.807) is 12.1 Å². The van der Waals surface area contributed by atoms with Gasteiger partial charge in [-0.25, -0.2) is 9.59 Å². The first-order valence-corrected chi connectivity index (χ1v) is 12.5. The molecule has 2 amide bonds. The molecule has 0 aromatic heterocycles. The van der Waals surface area contributed by atoms with Gasteiger partial charge in [-0.3, -0.25) is 14.4 Å². The number of aromatic carboxylic acids is 2. The zero-order chi connectivity index (χ0) is 29.7. The fourth-order valence-corrected chi connectivity index (χ4v) is 4.27. The van der Waals surface area contributed by atoms with Crippen LogP contribution in [0.2, 0.25) is 0 Å². The van der Waals surface area contributed by atoms with Gasteiger partial charge in [-0.05, 0) is 60.9 Å². The van der Waals surface area contributed by atoms with Gasteiger partial charge in [-0.1, -0.05) is 54.1 Å². The van der Waals surface area contributed by atoms with E-state index in [0.717, 1.165) is 29.7 Å². The van der Waals surface area contributed by atoms with Crippen molar-refractivity contribution in [2.45, 2.75) is 13.3 Å². The molecule has 0 bridgehead atoms. The molecule has 0 saturated carbocycles. The van der Waals surface area contributed by atoms with E-state index >= 15 is 0 Å². The highest BCUT2D eigenvalue weighted by molar-refractivity contribution is 6.15. The minimum atomic E-state index is -1.42. The Morgan fingerprint density at radius 3 is 1.54 bits per heavy atom. The van der Waals surface area contributed by atoms with Crippen LogP contribution in [0.3, 0.4) is 0 Å². The lowest BCUT2D eigenvalue weighted by Gasteiger charge is -2.11. The SMILES string of the molecule is CNC(=O)c1ccc(C(=O)c2ccc(C(=O)Nc3ccc(Cc4ccc(C)cc4)cc3)c(C(=O)O)c2)cc1C(=O)O. The largest absolute Gasteiger partial charge is 0.478 e. The number of carbonyl (C=O) groups excluding carboxylic acids is 3. The second-order valence-corrected chi connectivity index (χ2v) is 9.35. The number of amides is 2. The van der Waals surface area contributed by atoms with E-state index in [1.165, 1.54) is 36.9 Å². The van der Waals surface area contributed by atoms with E-state index in [4.69, 9.17) is 0 Å². The molecule has 0 saturated heterocycles. The molecule has 41 heavy (non-hydrogen) atoms. The molecule has 0 spiro atoms. The van der Waals surface area contributed by atoms with Gasteiger partial charge in [0.15, 0.2) is 5.78 Å². The van der Waals surface area contributed by atoms with Crippen LogP contribution in [0.4, 0.5) is 5.69 Å². The van der Waals surface area contributed by atoms with E-state index < -0.39 is 35.1 Å². The van der Waals surface area contributed by atoms with Gasteiger partial charge in [0.2, 0.25) is 0 Å². The molecule has 0 radical (unpaired) electrons. The lowest BCUT2D eigenvalue weighted by atomic mass is 9.95. The number of rotatable bonds is 9. The van der Waals surface area contributed by atoms with Crippen molar-refractivity contribution in [3.8, 4) is 0 Å². The summed E-state index contributed by atoms with van der Waals surface area (Å²) in [7, 11) is 1.35. The Kier molecular flexibility index (Phi) is 8.38. The lowest BCUT2D eigenvalue weighted by Crippen LogP contribution is -2.21. The monoisotopic (exact) mass is 550 g/mol. The van der Waals surface area contributed by atoms with Crippen molar-refractivity contribution in [1.82, 2.24) is 5.32 Å². The summed E-state index contributed by atoms with van der Waals surface area (Å²) < 4.78 is 0. The maximum atomic E-state index is 13.1. The summed E-state index contributed by atoms with van der Waals surface area (Å²) in [5, 5.41) is 24.3. The molecule has 9 nitrogen and oxygen atoms in total. The Balaban J connectivity index is 1.54. The molecule has 0 fully saturated rings. The molecule has 4 N–H and O–H groups in total. The molecule has 0 aliphatic carbocycles. The Morgan fingerprint density at radius 2 is 1.07 bits per heavy atom. The van der Waals surface area contributed by atoms with Gasteiger partial charge in [-0.15, -0.1) is 0 Å². The highest BCUT2D eigenvalue weighted by Crippen LogP contribution is 2.21. The minimum absolute atomic E-state index is 0.0608. The van der Waals surface area contributed by atoms with Crippen LogP contribution in [-0.2, 0) is 6.42 Å². The molecule has 0 aliphatic rings. The van der Waals surface area contributed by atoms with E-state index in [9.17, 15) is 34.2 Å². The molecule has 206 valence electrons. The lowest BCUT2D eigenvalue weighted by molar-refractivity contribution is 0.0683. The third-order valence-electron chi connectivity index (χ3n) is 6.48. The summed E-state index contributed by atoms with van der Waals surface area (Å²) in [5.74, 6) is -4.80. The summed E-state index contributed by atoms with van der Waals surface area (Å²) in [6, 6.07) is 22.5. The van der Waals surface area contributed by atoms with E-state index in [2.05, 4.69) is 22.8 Å². The summed E-state index contributed by atoms with van der Waals surface area (Å²) >= 11 is 0. The van der Waals surface area contributed by atoms with Gasteiger partial charge in [0, 0.05) is 23.9 Å². The fraction of sp³-hybridized carbons (Fsp3) is 0.0938. The molecule has 9 heteroatoms. The highest BCUT2D eigenvalue weighted by atomic mass is 16.4. The summed E-state index contributed by atoms with van der Waals surface area (Å²) in [6.45, 7) is 2.02. The average molecular weight is 551 g/mol. The maximum Gasteiger partial charge on any atom is 0.336 e. The molecule has 0 aliphatic heterocycles. The average Bonchev–Trinajstić information content (AvgIpc) is 2.97. The van der Waals surface area contributed by atoms with Crippen molar-refractivity contribution < 1.29 is 34.2 Å². The first-order valence-electron chi connectivity index (χ1n) is 12.5. The fourth-order valence-electron chi connectivity index (χ4n) is 4.27. The number of hydrogen-bond donors (Lipinski definition) is 4. The molecule has 0 heterocycles. The van der Waals surface area contributed by atoms with E-state index in [1.807, 2.05) is 31.2 Å². The topological polar surface area (TPSA) is 150 Å². The Bertz CT molecular complexity index is 1670. The Hall–Kier alpha value is -5.57. The second kappa shape index (κ2) is 12.1. The molecule has 4 rings (SSSR count). The number of aryl methyl sites for hydroxylation is 1. The zero-order valence-electron chi connectivity index (χ0n) is 22.2. The second-order valence-electron chi connectivity index (χ2n) is 9.35. The molecule has 0 atom stereocenters. The van der Waals surface area contributed by atoms with Crippen LogP contribution < -0.4 is 10.6 Å². The number of carbonyl (C=O) groups is 5. The quantitative estimate of drug-likeness (QED) is 0.218. The van der Waals surface area contributed by atoms with Gasteiger partial charge < -0.3 is 20.8 Å². The smallest absolute Gasteiger partial charge is 0.336 e. The number of carboxylic acids is 2. The molecular formula is C32H26N2O7. The van der Waals surface area contributed by atoms with Crippen LogP contribution >= 0.6 is 0 Å². The van der Waals surface area contributed by atoms with Gasteiger partial charge in [0.25, 0.3) is 11.8 Å². The summed E-state index contributed by atoms with van der Waals surface area (Å²) in [4.78, 5) is 61.8. The van der Waals surface area contributed by atoms with Crippen LogP contribution in [-0.4, -0.2) is 46.8 Å². The van der Waals surface area contributed by atoms with Crippen LogP contribution in [0.5, 0.6) is 0 Å². The number of nitrogens with one attached hydrogen (secondary N) is 2. The van der Waals surface area contributed by atoms with Crippen molar-refractivity contribution in [2.24, 2.45) is 0 Å². The van der Waals surface area contributed by atoms with Crippen LogP contribution in [0.15, 0.2) is 84.9 Å². The van der Waals surface area contributed by atoms with Gasteiger partial charge in [0.1, 0.15) is 0 Å². The third kappa shape index (κ3) is 6.54. The molecule has 4 aromatic carbocycles. The normalized spacial score (nSPS) is 10.5. The third-order valence-corrected chi connectivity index (χ3v) is 6.48. The van der Waals surface area contributed by atoms with Crippen LogP contribution in [0.1, 0.15) is 74.0 Å². The zero-order valence-corrected chi connectivity index (χ0v) is 22.2. The Morgan fingerprint density at radius 1 is 0.610 bits per heavy atom. The van der Waals surface area contributed by atoms with E-state index in [-0.39, 0.29) is 27.8 Å². The van der Waals surface area contributed by atoms with Crippen molar-refractivity contribution >= 4 is 35.2 Å². The summed E-state index contributed by atoms with van der Waals surface area (Å²) in [5.41, 5.74) is 2.64.